The van der Waals surface area contributed by atoms with E-state index in [0.717, 1.165) is 36.0 Å². The van der Waals surface area contributed by atoms with Gasteiger partial charge in [0.25, 0.3) is 0 Å². The van der Waals surface area contributed by atoms with Crippen molar-refractivity contribution in [1.82, 2.24) is 25.0 Å². The topological polar surface area (TPSA) is 87.9 Å². The maximum Gasteiger partial charge on any atom is 0.231 e. The summed E-state index contributed by atoms with van der Waals surface area (Å²) in [6, 6.07) is 5.82. The van der Waals surface area contributed by atoms with Gasteiger partial charge in [-0.3, -0.25) is 4.79 Å². The summed E-state index contributed by atoms with van der Waals surface area (Å²) in [6.45, 7) is 3.06. The van der Waals surface area contributed by atoms with Gasteiger partial charge >= 0.3 is 0 Å². The molecule has 1 atom stereocenters. The van der Waals surface area contributed by atoms with E-state index in [-0.39, 0.29) is 11.8 Å². The van der Waals surface area contributed by atoms with Gasteiger partial charge < -0.3 is 14.4 Å². The average Bonchev–Trinajstić information content (AvgIpc) is 3.23. The van der Waals surface area contributed by atoms with Crippen molar-refractivity contribution in [2.45, 2.75) is 25.7 Å². The normalized spacial score (nSPS) is 18.5. The van der Waals surface area contributed by atoms with E-state index >= 15 is 0 Å². The van der Waals surface area contributed by atoms with Crippen LogP contribution in [-0.4, -0.2) is 44.0 Å². The van der Waals surface area contributed by atoms with Crippen LogP contribution in [0.4, 0.5) is 0 Å². The standard InChI is InChI=1S/C16H17N5O2/c1-10(22)21-6-2-3-12(8-21)16-19-15(20-23-16)11-4-5-13-14(7-11)18-9-17-13/h4-5,7,9,12H,2-3,6,8H2,1H3,(H,17,18). The number of aromatic nitrogens is 4. The number of nitrogens with zero attached hydrogens (tertiary/aromatic N) is 4. The molecule has 1 aliphatic rings. The molecule has 1 N–H and O–H groups in total. The molecule has 1 amide bonds. The molecular formula is C16H17N5O2. The van der Waals surface area contributed by atoms with E-state index in [0.29, 0.717) is 18.3 Å². The van der Waals surface area contributed by atoms with Crippen LogP contribution in [0.2, 0.25) is 0 Å². The fourth-order valence-electron chi connectivity index (χ4n) is 3.06. The molecule has 0 aliphatic carbocycles. The number of aromatic amines is 1. The molecule has 1 aromatic carbocycles. The highest BCUT2D eigenvalue weighted by Gasteiger charge is 2.27. The number of rotatable bonds is 2. The summed E-state index contributed by atoms with van der Waals surface area (Å²) in [7, 11) is 0. The Morgan fingerprint density at radius 2 is 2.35 bits per heavy atom. The number of amides is 1. The Labute approximate surface area is 132 Å². The van der Waals surface area contributed by atoms with Crippen LogP contribution in [0.15, 0.2) is 29.0 Å². The minimum absolute atomic E-state index is 0.0964. The number of hydrogen-bond acceptors (Lipinski definition) is 5. The Morgan fingerprint density at radius 1 is 1.43 bits per heavy atom. The van der Waals surface area contributed by atoms with Crippen molar-refractivity contribution in [2.24, 2.45) is 0 Å². The number of piperidine rings is 1. The molecule has 118 valence electrons. The second-order valence-corrected chi connectivity index (χ2v) is 5.89. The molecule has 7 nitrogen and oxygen atoms in total. The van der Waals surface area contributed by atoms with Crippen LogP contribution in [0.25, 0.3) is 22.4 Å². The Hall–Kier alpha value is -2.70. The number of carbonyl (C=O) groups excluding carboxylic acids is 1. The number of hydrogen-bond donors (Lipinski definition) is 1. The number of carbonyl (C=O) groups is 1. The van der Waals surface area contributed by atoms with Crippen molar-refractivity contribution >= 4 is 16.9 Å². The zero-order chi connectivity index (χ0) is 15.8. The molecule has 3 heterocycles. The van der Waals surface area contributed by atoms with E-state index in [2.05, 4.69) is 20.1 Å². The first-order chi connectivity index (χ1) is 11.2. The highest BCUT2D eigenvalue weighted by atomic mass is 16.5. The molecule has 4 rings (SSSR count). The van der Waals surface area contributed by atoms with Crippen molar-refractivity contribution in [1.29, 1.82) is 0 Å². The van der Waals surface area contributed by atoms with Gasteiger partial charge in [0, 0.05) is 25.6 Å². The minimum atomic E-state index is 0.0964. The number of benzene rings is 1. The van der Waals surface area contributed by atoms with E-state index in [4.69, 9.17) is 4.52 Å². The molecule has 1 saturated heterocycles. The predicted molar refractivity (Wildman–Crippen MR) is 83.6 cm³/mol. The lowest BCUT2D eigenvalue weighted by atomic mass is 9.98. The molecule has 2 aromatic heterocycles. The summed E-state index contributed by atoms with van der Waals surface area (Å²) in [6.07, 6.45) is 3.58. The zero-order valence-corrected chi connectivity index (χ0v) is 12.8. The van der Waals surface area contributed by atoms with Crippen LogP contribution in [0.1, 0.15) is 31.6 Å². The molecule has 0 radical (unpaired) electrons. The monoisotopic (exact) mass is 311 g/mol. The fraction of sp³-hybridized carbons (Fsp3) is 0.375. The molecule has 23 heavy (non-hydrogen) atoms. The van der Waals surface area contributed by atoms with Crippen molar-refractivity contribution in [2.75, 3.05) is 13.1 Å². The van der Waals surface area contributed by atoms with E-state index in [1.165, 1.54) is 0 Å². The second kappa shape index (κ2) is 5.49. The smallest absolute Gasteiger partial charge is 0.231 e. The van der Waals surface area contributed by atoms with Crippen LogP contribution < -0.4 is 0 Å². The van der Waals surface area contributed by atoms with Crippen LogP contribution in [0.3, 0.4) is 0 Å². The number of imidazole rings is 1. The largest absolute Gasteiger partial charge is 0.345 e. The van der Waals surface area contributed by atoms with Crippen LogP contribution in [-0.2, 0) is 4.79 Å². The molecule has 7 heteroatoms. The SMILES string of the molecule is CC(=O)N1CCCC(c2nc(-c3ccc4nc[nH]c4c3)no2)C1. The first kappa shape index (κ1) is 13.9. The molecular weight excluding hydrogens is 294 g/mol. The van der Waals surface area contributed by atoms with Crippen LogP contribution in [0.5, 0.6) is 0 Å². The zero-order valence-electron chi connectivity index (χ0n) is 12.8. The molecule has 0 saturated carbocycles. The molecule has 3 aromatic rings. The minimum Gasteiger partial charge on any atom is -0.345 e. The van der Waals surface area contributed by atoms with E-state index < -0.39 is 0 Å². The third kappa shape index (κ3) is 2.58. The highest BCUT2D eigenvalue weighted by molar-refractivity contribution is 5.79. The van der Waals surface area contributed by atoms with E-state index in [1.807, 2.05) is 23.1 Å². The molecule has 0 bridgehead atoms. The van der Waals surface area contributed by atoms with Gasteiger partial charge in [-0.15, -0.1) is 0 Å². The summed E-state index contributed by atoms with van der Waals surface area (Å²) in [5, 5.41) is 4.10. The lowest BCUT2D eigenvalue weighted by Crippen LogP contribution is -2.37. The van der Waals surface area contributed by atoms with Gasteiger partial charge in [-0.25, -0.2) is 4.98 Å². The summed E-state index contributed by atoms with van der Waals surface area (Å²) in [5.41, 5.74) is 2.73. The molecule has 1 unspecified atom stereocenters. The second-order valence-electron chi connectivity index (χ2n) is 5.89. The van der Waals surface area contributed by atoms with Crippen molar-refractivity contribution in [3.05, 3.63) is 30.4 Å². The summed E-state index contributed by atoms with van der Waals surface area (Å²) in [5.74, 6) is 1.39. The van der Waals surface area contributed by atoms with Gasteiger partial charge in [0.15, 0.2) is 0 Å². The van der Waals surface area contributed by atoms with Gasteiger partial charge in [-0.05, 0) is 31.0 Å². The maximum atomic E-state index is 11.6. The van der Waals surface area contributed by atoms with E-state index in [1.54, 1.807) is 13.3 Å². The Bertz CT molecular complexity index is 853. The predicted octanol–water partition coefficient (Wildman–Crippen LogP) is 2.34. The quantitative estimate of drug-likeness (QED) is 0.785. The number of likely N-dealkylation sites (tertiary alicyclic amines) is 1. The van der Waals surface area contributed by atoms with Gasteiger partial charge in [-0.2, -0.15) is 4.98 Å². The maximum absolute atomic E-state index is 11.6. The highest BCUT2D eigenvalue weighted by Crippen LogP contribution is 2.28. The molecule has 0 spiro atoms. The van der Waals surface area contributed by atoms with Gasteiger partial charge in [0.05, 0.1) is 23.3 Å². The fourth-order valence-corrected chi connectivity index (χ4v) is 3.06. The lowest BCUT2D eigenvalue weighted by Gasteiger charge is -2.29. The summed E-state index contributed by atoms with van der Waals surface area (Å²) in [4.78, 5) is 25.2. The first-order valence-corrected chi connectivity index (χ1v) is 7.73. The molecule has 1 aliphatic heterocycles. The van der Waals surface area contributed by atoms with Crippen molar-refractivity contribution in [3.8, 4) is 11.4 Å². The van der Waals surface area contributed by atoms with Crippen molar-refractivity contribution in [3.63, 3.8) is 0 Å². The molecule has 1 fully saturated rings. The first-order valence-electron chi connectivity index (χ1n) is 7.73. The van der Waals surface area contributed by atoms with Gasteiger partial charge in [0.1, 0.15) is 0 Å². The lowest BCUT2D eigenvalue weighted by molar-refractivity contribution is -0.130. The summed E-state index contributed by atoms with van der Waals surface area (Å²) < 4.78 is 5.46. The number of H-pyrrole nitrogens is 1. The van der Waals surface area contributed by atoms with E-state index in [9.17, 15) is 4.79 Å². The summed E-state index contributed by atoms with van der Waals surface area (Å²) >= 11 is 0. The third-order valence-electron chi connectivity index (χ3n) is 4.34. The Kier molecular flexibility index (Phi) is 3.33. The Morgan fingerprint density at radius 3 is 3.22 bits per heavy atom. The Balaban J connectivity index is 1.59. The van der Waals surface area contributed by atoms with Crippen molar-refractivity contribution < 1.29 is 9.32 Å². The average molecular weight is 311 g/mol. The number of fused-ring (bicyclic) bond motifs is 1. The van der Waals surface area contributed by atoms with Crippen LogP contribution >= 0.6 is 0 Å². The van der Waals surface area contributed by atoms with Gasteiger partial charge in [-0.1, -0.05) is 5.16 Å². The van der Waals surface area contributed by atoms with Crippen LogP contribution in [0, 0.1) is 0 Å². The number of nitrogens with one attached hydrogen (secondary N) is 1. The third-order valence-corrected chi connectivity index (χ3v) is 4.34. The van der Waals surface area contributed by atoms with Gasteiger partial charge in [0.2, 0.25) is 17.6 Å².